The van der Waals surface area contributed by atoms with Crippen LogP contribution in [0.5, 0.6) is 0 Å². The molecule has 2 N–H and O–H groups in total. The van der Waals surface area contributed by atoms with Gasteiger partial charge in [0.25, 0.3) is 0 Å². The number of nitrogens with two attached hydrogens (primary N) is 1. The molecule has 1 aromatic rings. The molecule has 0 saturated heterocycles. The first-order valence-corrected chi connectivity index (χ1v) is 6.60. The second-order valence-corrected chi connectivity index (χ2v) is 4.27. The molecule has 102 valence electrons. The summed E-state index contributed by atoms with van der Waals surface area (Å²) in [5.74, 6) is 0.0235. The van der Waals surface area contributed by atoms with Crippen molar-refractivity contribution in [3.8, 4) is 0 Å². The fourth-order valence-corrected chi connectivity index (χ4v) is 1.71. The monoisotopic (exact) mass is 258 g/mol. The molecule has 19 heavy (non-hydrogen) atoms. The summed E-state index contributed by atoms with van der Waals surface area (Å²) >= 11 is 0. The van der Waals surface area contributed by atoms with Gasteiger partial charge in [-0.2, -0.15) is 0 Å². The maximum Gasteiger partial charge on any atom is 0.246 e. The van der Waals surface area contributed by atoms with Crippen LogP contribution in [-0.2, 0) is 11.3 Å². The fourth-order valence-electron chi connectivity index (χ4n) is 1.71. The van der Waals surface area contributed by atoms with Crippen LogP contribution < -0.4 is 5.73 Å². The van der Waals surface area contributed by atoms with Crippen molar-refractivity contribution in [2.45, 2.75) is 19.9 Å². The van der Waals surface area contributed by atoms with E-state index in [0.29, 0.717) is 19.6 Å². The van der Waals surface area contributed by atoms with E-state index in [1.807, 2.05) is 54.3 Å². The number of nitrogens with zero attached hydrogens (tertiary/aromatic N) is 1. The zero-order chi connectivity index (χ0) is 13.9. The van der Waals surface area contributed by atoms with E-state index in [1.54, 1.807) is 12.2 Å². The molecule has 0 radical (unpaired) electrons. The van der Waals surface area contributed by atoms with Crippen molar-refractivity contribution in [3.63, 3.8) is 0 Å². The Hall–Kier alpha value is -1.87. The molecule has 0 spiro atoms. The molecule has 0 atom stereocenters. The lowest BCUT2D eigenvalue weighted by molar-refractivity contribution is -0.126. The van der Waals surface area contributed by atoms with E-state index in [0.717, 1.165) is 12.0 Å². The standard InChI is InChI=1S/C16H22N2O/c1-2-3-5-11-16(19)18(13-8-12-17)14-15-9-6-4-7-10-15/h2-7,9-11H,8,12-14,17H2,1H3. The maximum atomic E-state index is 12.1. The molecular weight excluding hydrogens is 236 g/mol. The van der Waals surface area contributed by atoms with Gasteiger partial charge < -0.3 is 10.6 Å². The predicted molar refractivity (Wildman–Crippen MR) is 79.5 cm³/mol. The molecule has 1 amide bonds. The molecule has 0 saturated carbocycles. The number of amides is 1. The van der Waals surface area contributed by atoms with Crippen LogP contribution in [0.1, 0.15) is 18.9 Å². The summed E-state index contributed by atoms with van der Waals surface area (Å²) in [5.41, 5.74) is 6.66. The Morgan fingerprint density at radius 2 is 2.00 bits per heavy atom. The molecule has 0 bridgehead atoms. The highest BCUT2D eigenvalue weighted by atomic mass is 16.2. The van der Waals surface area contributed by atoms with Crippen molar-refractivity contribution in [2.24, 2.45) is 5.73 Å². The van der Waals surface area contributed by atoms with Gasteiger partial charge >= 0.3 is 0 Å². The van der Waals surface area contributed by atoms with Crippen molar-refractivity contribution < 1.29 is 4.79 Å². The van der Waals surface area contributed by atoms with Gasteiger partial charge in [-0.25, -0.2) is 0 Å². The number of benzene rings is 1. The van der Waals surface area contributed by atoms with Gasteiger partial charge in [-0.1, -0.05) is 48.6 Å². The number of carbonyl (C=O) groups excluding carboxylic acids is 1. The van der Waals surface area contributed by atoms with E-state index in [1.165, 1.54) is 0 Å². The normalized spacial score (nSPS) is 11.3. The van der Waals surface area contributed by atoms with Gasteiger partial charge in [-0.05, 0) is 25.5 Å². The van der Waals surface area contributed by atoms with Crippen molar-refractivity contribution >= 4 is 5.91 Å². The molecule has 3 heteroatoms. The average molecular weight is 258 g/mol. The molecule has 0 heterocycles. The maximum absolute atomic E-state index is 12.1. The summed E-state index contributed by atoms with van der Waals surface area (Å²) in [7, 11) is 0. The third-order valence-corrected chi connectivity index (χ3v) is 2.70. The molecule has 0 fully saturated rings. The lowest BCUT2D eigenvalue weighted by Gasteiger charge is -2.21. The smallest absolute Gasteiger partial charge is 0.246 e. The van der Waals surface area contributed by atoms with Crippen molar-refractivity contribution in [1.82, 2.24) is 4.90 Å². The minimum Gasteiger partial charge on any atom is -0.335 e. The van der Waals surface area contributed by atoms with Crippen molar-refractivity contribution in [2.75, 3.05) is 13.1 Å². The van der Waals surface area contributed by atoms with E-state index >= 15 is 0 Å². The molecule has 0 aromatic heterocycles. The van der Waals surface area contributed by atoms with Crippen LogP contribution in [0.2, 0.25) is 0 Å². The third kappa shape index (κ3) is 6.02. The number of hydrogen-bond donors (Lipinski definition) is 1. The quantitative estimate of drug-likeness (QED) is 0.603. The zero-order valence-corrected chi connectivity index (χ0v) is 11.5. The van der Waals surface area contributed by atoms with Crippen LogP contribution in [0.15, 0.2) is 54.6 Å². The summed E-state index contributed by atoms with van der Waals surface area (Å²) < 4.78 is 0. The van der Waals surface area contributed by atoms with E-state index < -0.39 is 0 Å². The van der Waals surface area contributed by atoms with Gasteiger partial charge in [-0.15, -0.1) is 0 Å². The van der Waals surface area contributed by atoms with Crippen molar-refractivity contribution in [3.05, 3.63) is 60.2 Å². The second-order valence-electron chi connectivity index (χ2n) is 4.27. The highest BCUT2D eigenvalue weighted by Crippen LogP contribution is 2.06. The molecule has 0 aliphatic heterocycles. The Kier molecular flexibility index (Phi) is 7.28. The largest absolute Gasteiger partial charge is 0.335 e. The first-order chi connectivity index (χ1) is 9.27. The van der Waals surface area contributed by atoms with Gasteiger partial charge in [-0.3, -0.25) is 4.79 Å². The van der Waals surface area contributed by atoms with Gasteiger partial charge in [0.15, 0.2) is 0 Å². The average Bonchev–Trinajstić information content (AvgIpc) is 2.44. The summed E-state index contributed by atoms with van der Waals surface area (Å²) in [5, 5.41) is 0. The van der Waals surface area contributed by atoms with Crippen LogP contribution in [0.4, 0.5) is 0 Å². The second kappa shape index (κ2) is 9.11. The molecule has 1 aromatic carbocycles. The predicted octanol–water partition coefficient (Wildman–Crippen LogP) is 2.50. The lowest BCUT2D eigenvalue weighted by atomic mass is 10.2. The summed E-state index contributed by atoms with van der Waals surface area (Å²) in [6.45, 7) is 3.83. The molecular formula is C16H22N2O. The number of rotatable bonds is 7. The molecule has 1 rings (SSSR count). The van der Waals surface area contributed by atoms with Crippen LogP contribution in [0, 0.1) is 0 Å². The van der Waals surface area contributed by atoms with Gasteiger partial charge in [0.05, 0.1) is 0 Å². The van der Waals surface area contributed by atoms with Crippen LogP contribution in [0.25, 0.3) is 0 Å². The van der Waals surface area contributed by atoms with Gasteiger partial charge in [0, 0.05) is 19.2 Å². The Labute approximate surface area is 115 Å². The van der Waals surface area contributed by atoms with Crippen LogP contribution in [0.3, 0.4) is 0 Å². The SMILES string of the molecule is CC=CC=CC(=O)N(CCCN)Cc1ccccc1. The Bertz CT molecular complexity index is 424. The number of carbonyl (C=O) groups is 1. The first-order valence-electron chi connectivity index (χ1n) is 6.60. The Morgan fingerprint density at radius 1 is 1.26 bits per heavy atom. The topological polar surface area (TPSA) is 46.3 Å². The summed E-state index contributed by atoms with van der Waals surface area (Å²) in [6, 6.07) is 9.99. The van der Waals surface area contributed by atoms with Crippen LogP contribution >= 0.6 is 0 Å². The van der Waals surface area contributed by atoms with Crippen LogP contribution in [-0.4, -0.2) is 23.9 Å². The number of allylic oxidation sites excluding steroid dienone is 3. The minimum atomic E-state index is 0.0235. The third-order valence-electron chi connectivity index (χ3n) is 2.70. The summed E-state index contributed by atoms with van der Waals surface area (Å²) in [4.78, 5) is 13.9. The highest BCUT2D eigenvalue weighted by Gasteiger charge is 2.10. The van der Waals surface area contributed by atoms with E-state index in [-0.39, 0.29) is 5.91 Å². The number of hydrogen-bond acceptors (Lipinski definition) is 2. The molecule has 0 aliphatic rings. The Morgan fingerprint density at radius 3 is 2.63 bits per heavy atom. The Balaban J connectivity index is 2.68. The highest BCUT2D eigenvalue weighted by molar-refractivity contribution is 5.87. The fraction of sp³-hybridized carbons (Fsp3) is 0.312. The zero-order valence-electron chi connectivity index (χ0n) is 11.5. The van der Waals surface area contributed by atoms with E-state index in [4.69, 9.17) is 5.73 Å². The van der Waals surface area contributed by atoms with E-state index in [2.05, 4.69) is 0 Å². The van der Waals surface area contributed by atoms with Gasteiger partial charge in [0.1, 0.15) is 0 Å². The van der Waals surface area contributed by atoms with E-state index in [9.17, 15) is 4.79 Å². The molecule has 0 aliphatic carbocycles. The summed E-state index contributed by atoms with van der Waals surface area (Å²) in [6.07, 6.45) is 7.92. The lowest BCUT2D eigenvalue weighted by Crippen LogP contribution is -2.31. The minimum absolute atomic E-state index is 0.0235. The molecule has 3 nitrogen and oxygen atoms in total. The molecule has 0 unspecified atom stereocenters. The van der Waals surface area contributed by atoms with Gasteiger partial charge in [0.2, 0.25) is 5.91 Å². The first kappa shape index (κ1) is 15.2. The van der Waals surface area contributed by atoms with Crippen molar-refractivity contribution in [1.29, 1.82) is 0 Å².